The summed E-state index contributed by atoms with van der Waals surface area (Å²) in [5.74, 6) is 0.152. The predicted molar refractivity (Wildman–Crippen MR) is 104 cm³/mol. The summed E-state index contributed by atoms with van der Waals surface area (Å²) in [6.45, 7) is 2.11. The van der Waals surface area contributed by atoms with Gasteiger partial charge < -0.3 is 19.1 Å². The van der Waals surface area contributed by atoms with Gasteiger partial charge in [0.15, 0.2) is 0 Å². The third-order valence-electron chi connectivity index (χ3n) is 4.23. The van der Waals surface area contributed by atoms with Gasteiger partial charge in [0, 0.05) is 12.4 Å². The molecule has 6 nitrogen and oxygen atoms in total. The molecule has 1 aromatic heterocycles. The summed E-state index contributed by atoms with van der Waals surface area (Å²) in [7, 11) is 1.83. The first kappa shape index (κ1) is 18.8. The van der Waals surface area contributed by atoms with Gasteiger partial charge in [0.1, 0.15) is 18.1 Å². The van der Waals surface area contributed by atoms with E-state index in [1.54, 1.807) is 37.3 Å². The van der Waals surface area contributed by atoms with Crippen molar-refractivity contribution in [2.75, 3.05) is 6.61 Å². The van der Waals surface area contributed by atoms with E-state index in [2.05, 4.69) is 22.0 Å². The average molecular weight is 429 g/mol. The molecule has 0 saturated carbocycles. The third kappa shape index (κ3) is 3.62. The fourth-order valence-corrected chi connectivity index (χ4v) is 3.21. The summed E-state index contributed by atoms with van der Waals surface area (Å²) in [5.41, 5.74) is 2.30. The molecule has 0 bridgehead atoms. The number of nitrogens with zero attached hydrogens (tertiary/aromatic N) is 2. The lowest BCUT2D eigenvalue weighted by molar-refractivity contribution is 0.0525. The van der Waals surface area contributed by atoms with Gasteiger partial charge in [-0.25, -0.2) is 4.79 Å². The van der Waals surface area contributed by atoms with Crippen LogP contribution >= 0.6 is 15.9 Å². The van der Waals surface area contributed by atoms with E-state index < -0.39 is 5.97 Å². The Balaban J connectivity index is 2.04. The molecule has 7 heteroatoms. The monoisotopic (exact) mass is 428 g/mol. The molecule has 0 aliphatic rings. The summed E-state index contributed by atoms with van der Waals surface area (Å²) in [4.78, 5) is 12.6. The molecular weight excluding hydrogens is 412 g/mol. The third-order valence-corrected chi connectivity index (χ3v) is 4.86. The molecule has 0 fully saturated rings. The topological polar surface area (TPSA) is 84.5 Å². The fourth-order valence-electron chi connectivity index (χ4n) is 2.88. The largest absolute Gasteiger partial charge is 0.507 e. The second-order valence-electron chi connectivity index (χ2n) is 5.85. The lowest BCUT2D eigenvalue weighted by Gasteiger charge is -2.10. The number of carbonyl (C=O) groups is 1. The summed E-state index contributed by atoms with van der Waals surface area (Å²) < 4.78 is 13.4. The Bertz CT molecular complexity index is 1050. The molecule has 2 aromatic carbocycles. The van der Waals surface area contributed by atoms with E-state index >= 15 is 0 Å². The molecule has 0 unspecified atom stereocenters. The van der Waals surface area contributed by atoms with Gasteiger partial charge in [-0.1, -0.05) is 0 Å². The average Bonchev–Trinajstić information content (AvgIpc) is 2.92. The van der Waals surface area contributed by atoms with E-state index in [1.807, 2.05) is 11.6 Å². The van der Waals surface area contributed by atoms with Crippen molar-refractivity contribution in [3.63, 3.8) is 0 Å². The number of benzene rings is 2. The maximum Gasteiger partial charge on any atom is 0.340 e. The first-order valence-electron chi connectivity index (χ1n) is 8.26. The molecule has 0 spiro atoms. The number of esters is 1. The standard InChI is InChI=1S/C20H17BrN2O4/c1-3-26-20(25)19-14-8-18(24)15(21)9-16(14)23(2)17(19)11-27-13-6-4-12(10-22)5-7-13/h4-9,24H,3,11H2,1-2H3. The zero-order chi connectivity index (χ0) is 19.6. The number of nitriles is 1. The number of phenolic OH excluding ortho intramolecular Hbond substituents is 1. The molecule has 0 radical (unpaired) electrons. The molecule has 0 atom stereocenters. The van der Waals surface area contributed by atoms with Crippen molar-refractivity contribution in [3.05, 3.63) is 57.7 Å². The smallest absolute Gasteiger partial charge is 0.340 e. The fraction of sp³-hybridized carbons (Fsp3) is 0.200. The van der Waals surface area contributed by atoms with E-state index in [0.717, 1.165) is 5.52 Å². The van der Waals surface area contributed by atoms with Gasteiger partial charge in [0.05, 0.1) is 39.5 Å². The number of ether oxygens (including phenoxy) is 2. The maximum atomic E-state index is 12.6. The van der Waals surface area contributed by atoms with Crippen LogP contribution < -0.4 is 4.74 Å². The SMILES string of the molecule is CCOC(=O)c1c(COc2ccc(C#N)cc2)n(C)c2cc(Br)c(O)cc12. The van der Waals surface area contributed by atoms with E-state index in [1.165, 1.54) is 6.07 Å². The quantitative estimate of drug-likeness (QED) is 0.613. The lowest BCUT2D eigenvalue weighted by Crippen LogP contribution is -2.11. The molecule has 0 aliphatic carbocycles. The molecule has 3 aromatic rings. The Hall–Kier alpha value is -2.98. The van der Waals surface area contributed by atoms with Gasteiger partial charge in [-0.3, -0.25) is 0 Å². The van der Waals surface area contributed by atoms with Crippen molar-refractivity contribution in [3.8, 4) is 17.6 Å². The Morgan fingerprint density at radius 2 is 2.00 bits per heavy atom. The highest BCUT2D eigenvalue weighted by Gasteiger charge is 2.24. The number of fused-ring (bicyclic) bond motifs is 1. The molecule has 27 heavy (non-hydrogen) atoms. The molecule has 0 saturated heterocycles. The molecular formula is C20H17BrN2O4. The second kappa shape index (κ2) is 7.72. The van der Waals surface area contributed by atoms with Gasteiger partial charge in [0.25, 0.3) is 0 Å². The van der Waals surface area contributed by atoms with Crippen molar-refractivity contribution < 1.29 is 19.4 Å². The molecule has 1 N–H and O–H groups in total. The Labute approximate surface area is 164 Å². The number of carbonyl (C=O) groups excluding carboxylic acids is 1. The van der Waals surface area contributed by atoms with Crippen LogP contribution in [0.3, 0.4) is 0 Å². The summed E-state index contributed by atoms with van der Waals surface area (Å²) in [5, 5.41) is 19.5. The Morgan fingerprint density at radius 3 is 2.63 bits per heavy atom. The van der Waals surface area contributed by atoms with Crippen molar-refractivity contribution in [2.24, 2.45) is 7.05 Å². The minimum absolute atomic E-state index is 0.0400. The Morgan fingerprint density at radius 1 is 1.30 bits per heavy atom. The van der Waals surface area contributed by atoms with Gasteiger partial charge in [-0.2, -0.15) is 5.26 Å². The molecule has 3 rings (SSSR count). The molecule has 0 amide bonds. The maximum absolute atomic E-state index is 12.6. The summed E-state index contributed by atoms with van der Waals surface area (Å²) in [6, 6.07) is 12.1. The highest BCUT2D eigenvalue weighted by molar-refractivity contribution is 9.10. The number of phenols is 1. The first-order chi connectivity index (χ1) is 13.0. The normalized spacial score (nSPS) is 10.6. The highest BCUT2D eigenvalue weighted by atomic mass is 79.9. The van der Waals surface area contributed by atoms with Crippen LogP contribution in [0.15, 0.2) is 40.9 Å². The van der Waals surface area contributed by atoms with Gasteiger partial charge in [-0.05, 0) is 59.3 Å². The molecule has 0 aliphatic heterocycles. The van der Waals surface area contributed by atoms with Crippen molar-refractivity contribution in [1.82, 2.24) is 4.57 Å². The van der Waals surface area contributed by atoms with Crippen molar-refractivity contribution >= 4 is 32.8 Å². The minimum Gasteiger partial charge on any atom is -0.507 e. The van der Waals surface area contributed by atoms with E-state index in [0.29, 0.717) is 32.4 Å². The predicted octanol–water partition coefficient (Wildman–Crippen LogP) is 4.27. The Kier molecular flexibility index (Phi) is 5.38. The van der Waals surface area contributed by atoms with Crippen LogP contribution in [-0.4, -0.2) is 22.2 Å². The molecule has 1 heterocycles. The number of hydrogen-bond donors (Lipinski definition) is 1. The number of aromatic nitrogens is 1. The van der Waals surface area contributed by atoms with E-state index in [9.17, 15) is 9.90 Å². The van der Waals surface area contributed by atoms with Crippen LogP contribution in [0, 0.1) is 11.3 Å². The number of halogens is 1. The van der Waals surface area contributed by atoms with Gasteiger partial charge >= 0.3 is 5.97 Å². The van der Waals surface area contributed by atoms with Crippen LogP contribution in [-0.2, 0) is 18.4 Å². The first-order valence-corrected chi connectivity index (χ1v) is 9.05. The summed E-state index contributed by atoms with van der Waals surface area (Å²) in [6.07, 6.45) is 0. The zero-order valence-corrected chi connectivity index (χ0v) is 16.4. The molecule has 138 valence electrons. The highest BCUT2D eigenvalue weighted by Crippen LogP contribution is 2.34. The van der Waals surface area contributed by atoms with Gasteiger partial charge in [-0.15, -0.1) is 0 Å². The van der Waals surface area contributed by atoms with Crippen LogP contribution in [0.1, 0.15) is 28.5 Å². The number of hydrogen-bond acceptors (Lipinski definition) is 5. The van der Waals surface area contributed by atoms with Gasteiger partial charge in [0.2, 0.25) is 0 Å². The van der Waals surface area contributed by atoms with Crippen LogP contribution in [0.4, 0.5) is 0 Å². The van der Waals surface area contributed by atoms with Crippen LogP contribution in [0.25, 0.3) is 10.9 Å². The van der Waals surface area contributed by atoms with E-state index in [-0.39, 0.29) is 19.0 Å². The minimum atomic E-state index is -0.469. The second-order valence-corrected chi connectivity index (χ2v) is 6.70. The number of rotatable bonds is 5. The lowest BCUT2D eigenvalue weighted by atomic mass is 10.1. The van der Waals surface area contributed by atoms with Crippen LogP contribution in [0.5, 0.6) is 11.5 Å². The number of aromatic hydroxyl groups is 1. The van der Waals surface area contributed by atoms with Crippen molar-refractivity contribution in [2.45, 2.75) is 13.5 Å². The van der Waals surface area contributed by atoms with Crippen molar-refractivity contribution in [1.29, 1.82) is 5.26 Å². The zero-order valence-electron chi connectivity index (χ0n) is 14.8. The van der Waals surface area contributed by atoms with Crippen LogP contribution in [0.2, 0.25) is 0 Å². The van der Waals surface area contributed by atoms with E-state index in [4.69, 9.17) is 14.7 Å². The summed E-state index contributed by atoms with van der Waals surface area (Å²) >= 11 is 3.30. The number of aryl methyl sites for hydroxylation is 1.